The number of halogens is 1. The molecule has 0 bridgehead atoms. The van der Waals surface area contributed by atoms with Gasteiger partial charge in [-0.3, -0.25) is 0 Å². The molecule has 0 spiro atoms. The average molecular weight is 212 g/mol. The van der Waals surface area contributed by atoms with Crippen molar-refractivity contribution in [1.29, 1.82) is 0 Å². The maximum absolute atomic E-state index is 12.2. The molecule has 0 saturated heterocycles. The van der Waals surface area contributed by atoms with Crippen molar-refractivity contribution in [3.05, 3.63) is 34.9 Å². The normalized spacial score (nSPS) is 12.3. The van der Waals surface area contributed by atoms with Gasteiger partial charge in [-0.15, -0.1) is 0 Å². The third-order valence-corrected chi connectivity index (χ3v) is 2.19. The summed E-state index contributed by atoms with van der Waals surface area (Å²) in [5, 5.41) is 9.25. The maximum Gasteiger partial charge on any atom is 0.338 e. The SMILES string of the molecule is COC(=O)c1ccc(C(O)CF)cc1C. The summed E-state index contributed by atoms with van der Waals surface area (Å²) >= 11 is 0. The quantitative estimate of drug-likeness (QED) is 0.777. The van der Waals surface area contributed by atoms with E-state index in [-0.39, 0.29) is 0 Å². The molecule has 0 aliphatic rings. The van der Waals surface area contributed by atoms with Crippen molar-refractivity contribution in [3.8, 4) is 0 Å². The van der Waals surface area contributed by atoms with Gasteiger partial charge in [-0.2, -0.15) is 0 Å². The van der Waals surface area contributed by atoms with Crippen molar-refractivity contribution in [2.24, 2.45) is 0 Å². The second-order valence-electron chi connectivity index (χ2n) is 3.24. The van der Waals surface area contributed by atoms with Crippen molar-refractivity contribution >= 4 is 5.97 Å². The minimum atomic E-state index is -1.13. The molecule has 3 nitrogen and oxygen atoms in total. The van der Waals surface area contributed by atoms with Crippen LogP contribution in [0.1, 0.15) is 27.6 Å². The van der Waals surface area contributed by atoms with E-state index in [1.54, 1.807) is 13.0 Å². The first-order valence-electron chi connectivity index (χ1n) is 4.53. The number of rotatable bonds is 3. The van der Waals surface area contributed by atoms with Crippen LogP contribution in [0.15, 0.2) is 18.2 Å². The number of aryl methyl sites for hydroxylation is 1. The fourth-order valence-corrected chi connectivity index (χ4v) is 1.32. The molecule has 4 heteroatoms. The summed E-state index contributed by atoms with van der Waals surface area (Å²) < 4.78 is 16.8. The van der Waals surface area contributed by atoms with Crippen molar-refractivity contribution < 1.29 is 19.0 Å². The molecule has 15 heavy (non-hydrogen) atoms. The van der Waals surface area contributed by atoms with Gasteiger partial charge < -0.3 is 9.84 Å². The van der Waals surface area contributed by atoms with Gasteiger partial charge in [0.05, 0.1) is 12.7 Å². The minimum Gasteiger partial charge on any atom is -0.465 e. The number of carbonyl (C=O) groups is 1. The lowest BCUT2D eigenvalue weighted by Crippen LogP contribution is -2.06. The van der Waals surface area contributed by atoms with Crippen LogP contribution in [0.5, 0.6) is 0 Å². The van der Waals surface area contributed by atoms with Crippen LogP contribution in [-0.2, 0) is 4.74 Å². The Morgan fingerprint density at radius 3 is 2.73 bits per heavy atom. The molecule has 0 radical (unpaired) electrons. The number of esters is 1. The van der Waals surface area contributed by atoms with E-state index in [0.717, 1.165) is 0 Å². The molecule has 0 heterocycles. The van der Waals surface area contributed by atoms with Crippen LogP contribution < -0.4 is 0 Å². The highest BCUT2D eigenvalue weighted by atomic mass is 19.1. The second kappa shape index (κ2) is 4.89. The van der Waals surface area contributed by atoms with Gasteiger partial charge in [0, 0.05) is 0 Å². The Hall–Kier alpha value is -1.42. The second-order valence-corrected chi connectivity index (χ2v) is 3.24. The van der Waals surface area contributed by atoms with E-state index in [4.69, 9.17) is 0 Å². The summed E-state index contributed by atoms with van der Waals surface area (Å²) in [5.74, 6) is -0.436. The summed E-state index contributed by atoms with van der Waals surface area (Å²) in [5.41, 5.74) is 1.54. The summed E-state index contributed by atoms with van der Waals surface area (Å²) in [4.78, 5) is 11.2. The summed E-state index contributed by atoms with van der Waals surface area (Å²) in [6.07, 6.45) is -1.13. The topological polar surface area (TPSA) is 46.5 Å². The van der Waals surface area contributed by atoms with Gasteiger partial charge in [-0.25, -0.2) is 9.18 Å². The van der Waals surface area contributed by atoms with Crippen molar-refractivity contribution in [2.45, 2.75) is 13.0 Å². The molecular formula is C11H13FO3. The van der Waals surface area contributed by atoms with Gasteiger partial charge in [0.1, 0.15) is 12.8 Å². The molecule has 1 rings (SSSR count). The molecule has 82 valence electrons. The first-order valence-corrected chi connectivity index (χ1v) is 4.53. The number of ether oxygens (including phenoxy) is 1. The number of aliphatic hydroxyl groups excluding tert-OH is 1. The molecule has 1 atom stereocenters. The first kappa shape index (κ1) is 11.7. The van der Waals surface area contributed by atoms with Crippen molar-refractivity contribution in [1.82, 2.24) is 0 Å². The number of benzene rings is 1. The summed E-state index contributed by atoms with van der Waals surface area (Å²) in [7, 11) is 1.30. The third kappa shape index (κ3) is 2.53. The van der Waals surface area contributed by atoms with E-state index in [2.05, 4.69) is 4.74 Å². The molecule has 0 amide bonds. The Kier molecular flexibility index (Phi) is 3.80. The van der Waals surface area contributed by atoms with Gasteiger partial charge >= 0.3 is 5.97 Å². The molecule has 1 aromatic rings. The van der Waals surface area contributed by atoms with E-state index < -0.39 is 18.7 Å². The van der Waals surface area contributed by atoms with Crippen molar-refractivity contribution in [3.63, 3.8) is 0 Å². The number of aliphatic hydroxyl groups is 1. The molecule has 1 aromatic carbocycles. The Bertz CT molecular complexity index is 363. The van der Waals surface area contributed by atoms with E-state index in [1.807, 2.05) is 0 Å². The Balaban J connectivity index is 3.03. The van der Waals surface area contributed by atoms with Gasteiger partial charge in [-0.05, 0) is 24.1 Å². The van der Waals surface area contributed by atoms with E-state index >= 15 is 0 Å². The smallest absolute Gasteiger partial charge is 0.338 e. The number of alkyl halides is 1. The highest BCUT2D eigenvalue weighted by Gasteiger charge is 2.12. The lowest BCUT2D eigenvalue weighted by molar-refractivity contribution is 0.0599. The monoisotopic (exact) mass is 212 g/mol. The minimum absolute atomic E-state index is 0.423. The lowest BCUT2D eigenvalue weighted by Gasteiger charge is -2.09. The zero-order valence-electron chi connectivity index (χ0n) is 8.66. The highest BCUT2D eigenvalue weighted by molar-refractivity contribution is 5.90. The van der Waals surface area contributed by atoms with Crippen LogP contribution >= 0.6 is 0 Å². The predicted octanol–water partition coefficient (Wildman–Crippen LogP) is 1.78. The molecule has 0 fully saturated rings. The molecule has 0 aromatic heterocycles. The molecular weight excluding hydrogens is 199 g/mol. The summed E-state index contributed by atoms with van der Waals surface area (Å²) in [6.45, 7) is 0.873. The zero-order chi connectivity index (χ0) is 11.4. The number of methoxy groups -OCH3 is 1. The Labute approximate surface area is 87.5 Å². The van der Waals surface area contributed by atoms with Crippen LogP contribution in [0, 0.1) is 6.92 Å². The molecule has 1 unspecified atom stereocenters. The van der Waals surface area contributed by atoms with Crippen LogP contribution in [0.25, 0.3) is 0 Å². The van der Waals surface area contributed by atoms with Crippen LogP contribution in [-0.4, -0.2) is 24.9 Å². The Morgan fingerprint density at radius 2 is 2.27 bits per heavy atom. The summed E-state index contributed by atoms with van der Waals surface area (Å²) in [6, 6.07) is 4.62. The van der Waals surface area contributed by atoms with E-state index in [0.29, 0.717) is 16.7 Å². The molecule has 1 N–H and O–H groups in total. The van der Waals surface area contributed by atoms with Gasteiger partial charge in [-0.1, -0.05) is 12.1 Å². The average Bonchev–Trinajstić information content (AvgIpc) is 2.26. The number of carbonyl (C=O) groups excluding carboxylic acids is 1. The Morgan fingerprint density at radius 1 is 1.60 bits per heavy atom. The highest BCUT2D eigenvalue weighted by Crippen LogP contribution is 2.18. The molecule has 0 saturated carbocycles. The predicted molar refractivity (Wildman–Crippen MR) is 53.5 cm³/mol. The van der Waals surface area contributed by atoms with E-state index in [9.17, 15) is 14.3 Å². The van der Waals surface area contributed by atoms with Gasteiger partial charge in [0.2, 0.25) is 0 Å². The fourth-order valence-electron chi connectivity index (χ4n) is 1.32. The largest absolute Gasteiger partial charge is 0.465 e. The molecule has 0 aliphatic carbocycles. The van der Waals surface area contributed by atoms with Crippen LogP contribution in [0.2, 0.25) is 0 Å². The zero-order valence-corrected chi connectivity index (χ0v) is 8.66. The number of hydrogen-bond donors (Lipinski definition) is 1. The van der Waals surface area contributed by atoms with Gasteiger partial charge in [0.25, 0.3) is 0 Å². The fraction of sp³-hybridized carbons (Fsp3) is 0.364. The maximum atomic E-state index is 12.2. The lowest BCUT2D eigenvalue weighted by atomic mass is 10.0. The van der Waals surface area contributed by atoms with Gasteiger partial charge in [0.15, 0.2) is 0 Å². The van der Waals surface area contributed by atoms with Crippen LogP contribution in [0.4, 0.5) is 4.39 Å². The standard InChI is InChI=1S/C11H13FO3/c1-7-5-8(10(13)6-12)3-4-9(7)11(14)15-2/h3-5,10,13H,6H2,1-2H3. The number of hydrogen-bond acceptors (Lipinski definition) is 3. The van der Waals surface area contributed by atoms with Crippen LogP contribution in [0.3, 0.4) is 0 Å². The first-order chi connectivity index (χ1) is 7.10. The van der Waals surface area contributed by atoms with Crippen molar-refractivity contribution in [2.75, 3.05) is 13.8 Å². The third-order valence-electron chi connectivity index (χ3n) is 2.19. The van der Waals surface area contributed by atoms with E-state index in [1.165, 1.54) is 19.2 Å². The molecule has 0 aliphatic heterocycles.